The molecule has 1 amide bonds. The van der Waals surface area contributed by atoms with Crippen LogP contribution in [-0.4, -0.2) is 59.4 Å². The Labute approximate surface area is 229 Å². The number of carbonyl (C=O) groups is 2. The molecule has 2 heterocycles. The number of aliphatic hydroxyl groups is 1. The Hall–Kier alpha value is -3.97. The SMILES string of the molecule is CO[C@@H]1[C@@H](OC(N)=O)[C@@H](O)[C@H](Oc2ccc3c(O)c(CC(=O)c4ccc(CN)cc4)c(=O)oc3c2C)OC1(C)C. The van der Waals surface area contributed by atoms with Gasteiger partial charge >= 0.3 is 11.7 Å². The van der Waals surface area contributed by atoms with Gasteiger partial charge in [0.05, 0.1) is 16.6 Å². The van der Waals surface area contributed by atoms with Gasteiger partial charge in [-0.2, -0.15) is 0 Å². The van der Waals surface area contributed by atoms with Crippen LogP contribution in [0.25, 0.3) is 11.0 Å². The zero-order valence-electron chi connectivity index (χ0n) is 22.5. The number of aliphatic hydroxyl groups excluding tert-OH is 1. The third-order valence-corrected chi connectivity index (χ3v) is 6.96. The molecule has 4 rings (SSSR count). The van der Waals surface area contributed by atoms with Gasteiger partial charge in [-0.25, -0.2) is 9.59 Å². The average Bonchev–Trinajstić information content (AvgIpc) is 2.90. The lowest BCUT2D eigenvalue weighted by Gasteiger charge is -2.47. The first-order chi connectivity index (χ1) is 18.9. The van der Waals surface area contributed by atoms with Gasteiger partial charge < -0.3 is 45.0 Å². The van der Waals surface area contributed by atoms with Crippen molar-refractivity contribution < 1.29 is 43.2 Å². The maximum atomic E-state index is 12.9. The number of aromatic hydroxyl groups is 1. The summed E-state index contributed by atoms with van der Waals surface area (Å²) in [6.07, 6.45) is -6.36. The summed E-state index contributed by atoms with van der Waals surface area (Å²) < 4.78 is 27.9. The Balaban J connectivity index is 1.64. The van der Waals surface area contributed by atoms with Crippen LogP contribution in [0.5, 0.6) is 11.5 Å². The fraction of sp³-hybridized carbons (Fsp3) is 0.393. The van der Waals surface area contributed by atoms with Crippen LogP contribution in [0.4, 0.5) is 4.79 Å². The summed E-state index contributed by atoms with van der Waals surface area (Å²) >= 11 is 0. The molecule has 1 aliphatic heterocycles. The Morgan fingerprint density at radius 1 is 1.12 bits per heavy atom. The summed E-state index contributed by atoms with van der Waals surface area (Å²) in [5.41, 5.74) is 10.2. The number of methoxy groups -OCH3 is 1. The maximum absolute atomic E-state index is 12.9. The summed E-state index contributed by atoms with van der Waals surface area (Å²) in [6, 6.07) is 9.59. The Bertz CT molecular complexity index is 1480. The summed E-state index contributed by atoms with van der Waals surface area (Å²) in [6.45, 7) is 5.24. The number of hydrogen-bond donors (Lipinski definition) is 4. The van der Waals surface area contributed by atoms with E-state index < -0.39 is 41.9 Å². The lowest BCUT2D eigenvalue weighted by atomic mass is 9.89. The van der Waals surface area contributed by atoms with Crippen LogP contribution in [-0.2, 0) is 27.2 Å². The number of nitrogens with two attached hydrogens (primary N) is 2. The number of carbonyl (C=O) groups excluding carboxylic acids is 2. The largest absolute Gasteiger partial charge is 0.507 e. The number of Topliss-reactive ketones (excluding diaryl/α,β-unsaturated/α-hetero) is 1. The van der Waals surface area contributed by atoms with Crippen LogP contribution in [0.15, 0.2) is 45.6 Å². The highest BCUT2D eigenvalue weighted by atomic mass is 16.7. The van der Waals surface area contributed by atoms with E-state index in [0.717, 1.165) is 5.56 Å². The van der Waals surface area contributed by atoms with Crippen LogP contribution in [0, 0.1) is 6.92 Å². The third kappa shape index (κ3) is 5.52. The second kappa shape index (κ2) is 11.3. The molecule has 3 aromatic rings. The molecule has 40 heavy (non-hydrogen) atoms. The fourth-order valence-electron chi connectivity index (χ4n) is 4.85. The lowest BCUT2D eigenvalue weighted by Crippen LogP contribution is -2.65. The first-order valence-corrected chi connectivity index (χ1v) is 12.5. The number of ketones is 1. The van der Waals surface area contributed by atoms with Crippen molar-refractivity contribution in [2.45, 2.75) is 63.9 Å². The highest BCUT2D eigenvalue weighted by Crippen LogP contribution is 2.37. The van der Waals surface area contributed by atoms with Crippen LogP contribution in [0.2, 0.25) is 0 Å². The van der Waals surface area contributed by atoms with Gasteiger partial charge in [-0.1, -0.05) is 24.3 Å². The van der Waals surface area contributed by atoms with E-state index in [-0.39, 0.29) is 40.2 Å². The van der Waals surface area contributed by atoms with Gasteiger partial charge in [0.25, 0.3) is 0 Å². The molecule has 1 aliphatic rings. The predicted molar refractivity (Wildman–Crippen MR) is 142 cm³/mol. The van der Waals surface area contributed by atoms with Gasteiger partial charge in [-0.3, -0.25) is 4.79 Å². The van der Waals surface area contributed by atoms with E-state index in [4.69, 9.17) is 34.8 Å². The number of ether oxygens (including phenoxy) is 4. The smallest absolute Gasteiger partial charge is 0.404 e. The zero-order chi connectivity index (χ0) is 29.4. The number of rotatable bonds is 8. The molecule has 2 aromatic carbocycles. The molecule has 0 radical (unpaired) electrons. The fourth-order valence-corrected chi connectivity index (χ4v) is 4.85. The summed E-state index contributed by atoms with van der Waals surface area (Å²) in [5.74, 6) is -0.608. The molecule has 1 fully saturated rings. The highest BCUT2D eigenvalue weighted by Gasteiger charge is 2.53. The summed E-state index contributed by atoms with van der Waals surface area (Å²) in [4.78, 5) is 37.1. The van der Waals surface area contributed by atoms with Crippen LogP contribution < -0.4 is 21.8 Å². The Morgan fingerprint density at radius 2 is 1.80 bits per heavy atom. The van der Waals surface area contributed by atoms with Gasteiger partial charge in [0.2, 0.25) is 6.29 Å². The molecule has 6 N–H and O–H groups in total. The molecule has 12 heteroatoms. The molecule has 0 aliphatic carbocycles. The van der Waals surface area contributed by atoms with E-state index in [2.05, 4.69) is 0 Å². The molecule has 1 saturated heterocycles. The Morgan fingerprint density at radius 3 is 2.40 bits per heavy atom. The van der Waals surface area contributed by atoms with Gasteiger partial charge in [0, 0.05) is 31.2 Å². The minimum atomic E-state index is -1.49. The van der Waals surface area contributed by atoms with Gasteiger partial charge in [-0.05, 0) is 38.5 Å². The van der Waals surface area contributed by atoms with Crippen molar-refractivity contribution in [2.75, 3.05) is 7.11 Å². The molecule has 4 atom stereocenters. The minimum absolute atomic E-state index is 0.0211. The van der Waals surface area contributed by atoms with Crippen molar-refractivity contribution in [3.8, 4) is 11.5 Å². The van der Waals surface area contributed by atoms with Crippen molar-refractivity contribution in [1.82, 2.24) is 0 Å². The van der Waals surface area contributed by atoms with E-state index in [1.807, 2.05) is 0 Å². The van der Waals surface area contributed by atoms with E-state index in [1.54, 1.807) is 45.0 Å². The average molecular weight is 557 g/mol. The van der Waals surface area contributed by atoms with Crippen LogP contribution >= 0.6 is 0 Å². The maximum Gasteiger partial charge on any atom is 0.404 e. The third-order valence-electron chi connectivity index (χ3n) is 6.96. The van der Waals surface area contributed by atoms with E-state index in [0.29, 0.717) is 17.7 Å². The molecule has 214 valence electrons. The number of aryl methyl sites for hydroxylation is 1. The monoisotopic (exact) mass is 556 g/mol. The number of primary amides is 1. The molecular weight excluding hydrogens is 524 g/mol. The predicted octanol–water partition coefficient (Wildman–Crippen LogP) is 2.04. The minimum Gasteiger partial charge on any atom is -0.507 e. The van der Waals surface area contributed by atoms with Crippen molar-refractivity contribution in [2.24, 2.45) is 11.5 Å². The number of benzene rings is 2. The summed E-state index contributed by atoms with van der Waals surface area (Å²) in [5, 5.41) is 22.0. The molecule has 0 saturated carbocycles. The molecule has 0 bridgehead atoms. The standard InChI is InChI=1S/C28H32N2O10/c1-13-19(37-26-21(33)23(39-27(30)35)24(36-4)28(2,3)40-26)10-9-16-20(32)17(25(34)38-22(13)16)11-18(31)15-7-5-14(12-29)6-8-15/h5-10,21,23-24,26,32-33H,11-12,29H2,1-4H3,(H2,30,35)/t21-,23+,24-,26-/m1/s1. The highest BCUT2D eigenvalue weighted by molar-refractivity contribution is 5.99. The molecule has 0 unspecified atom stereocenters. The molecule has 12 nitrogen and oxygen atoms in total. The molecule has 0 spiro atoms. The molecular formula is C28H32N2O10. The number of fused-ring (bicyclic) bond motifs is 1. The van der Waals surface area contributed by atoms with Crippen molar-refractivity contribution in [3.63, 3.8) is 0 Å². The van der Waals surface area contributed by atoms with Gasteiger partial charge in [0.15, 0.2) is 18.0 Å². The van der Waals surface area contributed by atoms with E-state index >= 15 is 0 Å². The van der Waals surface area contributed by atoms with Crippen LogP contribution in [0.3, 0.4) is 0 Å². The first kappa shape index (κ1) is 29.0. The second-order valence-electron chi connectivity index (χ2n) is 10.0. The van der Waals surface area contributed by atoms with Crippen molar-refractivity contribution in [1.29, 1.82) is 0 Å². The van der Waals surface area contributed by atoms with Gasteiger partial charge in [0.1, 0.15) is 23.2 Å². The summed E-state index contributed by atoms with van der Waals surface area (Å²) in [7, 11) is 1.38. The van der Waals surface area contributed by atoms with E-state index in [9.17, 15) is 24.6 Å². The zero-order valence-corrected chi connectivity index (χ0v) is 22.5. The quantitative estimate of drug-likeness (QED) is 0.234. The number of hydrogen-bond acceptors (Lipinski definition) is 11. The topological polar surface area (TPSA) is 194 Å². The normalized spacial score (nSPS) is 22.1. The van der Waals surface area contributed by atoms with Gasteiger partial charge in [-0.15, -0.1) is 0 Å². The van der Waals surface area contributed by atoms with Crippen molar-refractivity contribution in [3.05, 3.63) is 69.1 Å². The second-order valence-corrected chi connectivity index (χ2v) is 10.0. The first-order valence-electron chi connectivity index (χ1n) is 12.5. The Kier molecular flexibility index (Phi) is 8.17. The molecule has 1 aromatic heterocycles. The van der Waals surface area contributed by atoms with Crippen LogP contribution in [0.1, 0.15) is 40.9 Å². The van der Waals surface area contributed by atoms with Crippen molar-refractivity contribution >= 4 is 22.8 Å². The lowest BCUT2D eigenvalue weighted by molar-refractivity contribution is -0.304. The number of amides is 1. The van der Waals surface area contributed by atoms with E-state index in [1.165, 1.54) is 19.2 Å².